The molecule has 4 heteroatoms. The number of carbonyl (C=O) groups excluding carboxylic acids is 2. The third-order valence-electron chi connectivity index (χ3n) is 2.20. The molecule has 98 valence electrons. The van der Waals surface area contributed by atoms with Gasteiger partial charge in [-0.25, -0.2) is 4.79 Å². The summed E-state index contributed by atoms with van der Waals surface area (Å²) in [5.41, 5.74) is 0.00819. The molecule has 0 aromatic heterocycles. The van der Waals surface area contributed by atoms with Crippen LogP contribution in [0.15, 0.2) is 29.2 Å². The largest absolute Gasteiger partial charge is 0.462 e. The van der Waals surface area contributed by atoms with Gasteiger partial charge in [-0.05, 0) is 19.1 Å². The Morgan fingerprint density at radius 2 is 1.83 bits per heavy atom. The van der Waals surface area contributed by atoms with Crippen LogP contribution in [0, 0.1) is 5.41 Å². The Morgan fingerprint density at radius 1 is 1.22 bits per heavy atom. The summed E-state index contributed by atoms with van der Waals surface area (Å²) < 4.78 is 4.97. The Labute approximate surface area is 112 Å². The van der Waals surface area contributed by atoms with Crippen molar-refractivity contribution in [1.82, 2.24) is 0 Å². The van der Waals surface area contributed by atoms with Gasteiger partial charge in [-0.1, -0.05) is 44.7 Å². The Kier molecular flexibility index (Phi) is 4.96. The average Bonchev–Trinajstić information content (AvgIpc) is 2.28. The minimum atomic E-state index is -0.438. The smallest absolute Gasteiger partial charge is 0.339 e. The predicted molar refractivity (Wildman–Crippen MR) is 72.7 cm³/mol. The van der Waals surface area contributed by atoms with Gasteiger partial charge in [0.05, 0.1) is 12.2 Å². The number of hydrogen-bond acceptors (Lipinski definition) is 4. The van der Waals surface area contributed by atoms with E-state index in [0.29, 0.717) is 17.1 Å². The highest BCUT2D eigenvalue weighted by Crippen LogP contribution is 2.31. The zero-order valence-corrected chi connectivity index (χ0v) is 12.0. The molecule has 0 amide bonds. The molecule has 1 rings (SSSR count). The highest BCUT2D eigenvalue weighted by Gasteiger charge is 2.24. The van der Waals surface area contributed by atoms with Gasteiger partial charge in [0, 0.05) is 10.3 Å². The van der Waals surface area contributed by atoms with E-state index in [1.807, 2.05) is 20.8 Å². The normalized spacial score (nSPS) is 11.1. The molecule has 0 saturated heterocycles. The molecule has 1 aromatic carbocycles. The molecule has 3 nitrogen and oxygen atoms in total. The molecule has 0 spiro atoms. The number of carbonyl (C=O) groups is 2. The quantitative estimate of drug-likeness (QED) is 0.620. The summed E-state index contributed by atoms with van der Waals surface area (Å²) in [6, 6.07) is 7.01. The van der Waals surface area contributed by atoms with Gasteiger partial charge in [0.2, 0.25) is 0 Å². The van der Waals surface area contributed by atoms with Crippen LogP contribution in [0.3, 0.4) is 0 Å². The summed E-state index contributed by atoms with van der Waals surface area (Å²) in [6.45, 7) is 7.65. The van der Waals surface area contributed by atoms with Crippen LogP contribution in [0.1, 0.15) is 38.1 Å². The van der Waals surface area contributed by atoms with Gasteiger partial charge in [-0.15, -0.1) is 0 Å². The fraction of sp³-hybridized carbons (Fsp3) is 0.429. The summed E-state index contributed by atoms with van der Waals surface area (Å²) in [5, 5.41) is 0.0271. The van der Waals surface area contributed by atoms with Crippen molar-refractivity contribution in [2.24, 2.45) is 5.41 Å². The van der Waals surface area contributed by atoms with Crippen LogP contribution in [0.2, 0.25) is 0 Å². The highest BCUT2D eigenvalue weighted by atomic mass is 32.2. The average molecular weight is 266 g/mol. The van der Waals surface area contributed by atoms with E-state index in [9.17, 15) is 9.59 Å². The molecule has 0 aliphatic heterocycles. The van der Waals surface area contributed by atoms with E-state index in [1.54, 1.807) is 31.2 Å². The standard InChI is InChI=1S/C14H18O3S/c1-5-17-12(15)10-8-6-7-9-11(10)18-13(16)14(2,3)4/h6-9H,5H2,1-4H3. The number of ether oxygens (including phenoxy) is 1. The van der Waals surface area contributed by atoms with Crippen molar-refractivity contribution in [1.29, 1.82) is 0 Å². The molecule has 1 aromatic rings. The number of thioether (sulfide) groups is 1. The lowest BCUT2D eigenvalue weighted by atomic mass is 10.00. The summed E-state index contributed by atoms with van der Waals surface area (Å²) >= 11 is 1.09. The molecule has 0 bridgehead atoms. The summed E-state index contributed by atoms with van der Waals surface area (Å²) in [4.78, 5) is 24.4. The SMILES string of the molecule is CCOC(=O)c1ccccc1SC(=O)C(C)(C)C. The lowest BCUT2D eigenvalue weighted by Gasteiger charge is -2.16. The summed E-state index contributed by atoms with van der Waals surface area (Å²) in [6.07, 6.45) is 0. The molecular formula is C14H18O3S. The van der Waals surface area contributed by atoms with Crippen molar-refractivity contribution in [2.75, 3.05) is 6.61 Å². The molecule has 0 atom stereocenters. The molecule has 0 heterocycles. The van der Waals surface area contributed by atoms with Gasteiger partial charge in [-0.3, -0.25) is 4.79 Å². The second kappa shape index (κ2) is 6.05. The predicted octanol–water partition coefficient (Wildman–Crippen LogP) is 3.53. The minimum Gasteiger partial charge on any atom is -0.462 e. The van der Waals surface area contributed by atoms with Gasteiger partial charge >= 0.3 is 5.97 Å². The summed E-state index contributed by atoms with van der Waals surface area (Å²) in [5.74, 6) is -0.387. The topological polar surface area (TPSA) is 43.4 Å². The van der Waals surface area contributed by atoms with Crippen molar-refractivity contribution < 1.29 is 14.3 Å². The molecule has 0 fully saturated rings. The van der Waals surface area contributed by atoms with Crippen LogP contribution < -0.4 is 0 Å². The minimum absolute atomic E-state index is 0.0271. The van der Waals surface area contributed by atoms with Crippen LogP contribution in [0.25, 0.3) is 0 Å². The van der Waals surface area contributed by atoms with Crippen LogP contribution in [-0.2, 0) is 9.53 Å². The van der Waals surface area contributed by atoms with E-state index >= 15 is 0 Å². The number of rotatable bonds is 3. The molecule has 18 heavy (non-hydrogen) atoms. The highest BCUT2D eigenvalue weighted by molar-refractivity contribution is 8.13. The molecule has 0 saturated carbocycles. The zero-order chi connectivity index (χ0) is 13.8. The molecule has 0 aliphatic rings. The van der Waals surface area contributed by atoms with Gasteiger partial charge < -0.3 is 4.74 Å². The monoisotopic (exact) mass is 266 g/mol. The molecule has 0 N–H and O–H groups in total. The van der Waals surface area contributed by atoms with E-state index in [0.717, 1.165) is 11.8 Å². The fourth-order valence-corrected chi connectivity index (χ4v) is 2.10. The van der Waals surface area contributed by atoms with E-state index in [4.69, 9.17) is 4.74 Å². The maximum absolute atomic E-state index is 12.0. The van der Waals surface area contributed by atoms with Crippen molar-refractivity contribution >= 4 is 22.8 Å². The first-order valence-electron chi connectivity index (χ1n) is 5.84. The van der Waals surface area contributed by atoms with Gasteiger partial charge in [0.15, 0.2) is 5.12 Å². The van der Waals surface area contributed by atoms with E-state index in [2.05, 4.69) is 0 Å². The maximum Gasteiger partial charge on any atom is 0.339 e. The third kappa shape index (κ3) is 3.88. The zero-order valence-electron chi connectivity index (χ0n) is 11.1. The Bertz CT molecular complexity index is 447. The van der Waals surface area contributed by atoms with Crippen molar-refractivity contribution in [3.05, 3.63) is 29.8 Å². The van der Waals surface area contributed by atoms with Crippen LogP contribution >= 0.6 is 11.8 Å². The van der Waals surface area contributed by atoms with E-state index < -0.39 is 5.41 Å². The van der Waals surface area contributed by atoms with Gasteiger partial charge in [0.1, 0.15) is 0 Å². The molecule has 0 unspecified atom stereocenters. The van der Waals surface area contributed by atoms with Gasteiger partial charge in [0.25, 0.3) is 0 Å². The maximum atomic E-state index is 12.0. The fourth-order valence-electron chi connectivity index (χ4n) is 1.19. The lowest BCUT2D eigenvalue weighted by molar-refractivity contribution is -0.117. The third-order valence-corrected chi connectivity index (χ3v) is 3.57. The first kappa shape index (κ1) is 14.8. The van der Waals surface area contributed by atoms with Crippen molar-refractivity contribution in [3.8, 4) is 0 Å². The Morgan fingerprint density at radius 3 is 2.39 bits per heavy atom. The van der Waals surface area contributed by atoms with Crippen molar-refractivity contribution in [2.45, 2.75) is 32.6 Å². The Hall–Kier alpha value is -1.29. The first-order chi connectivity index (χ1) is 8.36. The van der Waals surface area contributed by atoms with Crippen LogP contribution in [-0.4, -0.2) is 17.7 Å². The summed E-state index contributed by atoms with van der Waals surface area (Å²) in [7, 11) is 0. The molecule has 0 radical (unpaired) electrons. The number of hydrogen-bond donors (Lipinski definition) is 0. The number of benzene rings is 1. The lowest BCUT2D eigenvalue weighted by Crippen LogP contribution is -2.17. The molecule has 0 aliphatic carbocycles. The molecular weight excluding hydrogens is 248 g/mol. The van der Waals surface area contributed by atoms with E-state index in [-0.39, 0.29) is 11.1 Å². The Balaban J connectivity index is 2.96. The van der Waals surface area contributed by atoms with Gasteiger partial charge in [-0.2, -0.15) is 0 Å². The van der Waals surface area contributed by atoms with Crippen molar-refractivity contribution in [3.63, 3.8) is 0 Å². The number of esters is 1. The van der Waals surface area contributed by atoms with E-state index in [1.165, 1.54) is 0 Å². The second-order valence-corrected chi connectivity index (χ2v) is 5.87. The second-order valence-electron chi connectivity index (χ2n) is 4.86. The first-order valence-corrected chi connectivity index (χ1v) is 6.66. The van der Waals surface area contributed by atoms with Crippen LogP contribution in [0.5, 0.6) is 0 Å². The van der Waals surface area contributed by atoms with Crippen LogP contribution in [0.4, 0.5) is 0 Å².